The van der Waals surface area contributed by atoms with Crippen molar-refractivity contribution in [2.24, 2.45) is 0 Å². The van der Waals surface area contributed by atoms with Crippen LogP contribution >= 0.6 is 0 Å². The molecule has 0 fully saturated rings. The van der Waals surface area contributed by atoms with Crippen molar-refractivity contribution in [2.75, 3.05) is 6.61 Å². The molecule has 22 heavy (non-hydrogen) atoms. The molecule has 1 heterocycles. The van der Waals surface area contributed by atoms with Gasteiger partial charge in [0.15, 0.2) is 0 Å². The minimum atomic E-state index is 0.794. The SMILES string of the molecule is CCCCCOc1ccc(CNCc2ncccc2C)cc1. The van der Waals surface area contributed by atoms with E-state index in [1.54, 1.807) is 0 Å². The lowest BCUT2D eigenvalue weighted by atomic mass is 10.2. The van der Waals surface area contributed by atoms with E-state index in [1.807, 2.05) is 12.3 Å². The number of nitrogens with one attached hydrogen (secondary N) is 1. The zero-order chi connectivity index (χ0) is 15.6. The number of benzene rings is 1. The van der Waals surface area contributed by atoms with Crippen molar-refractivity contribution >= 4 is 0 Å². The second kappa shape index (κ2) is 9.21. The van der Waals surface area contributed by atoms with E-state index in [-0.39, 0.29) is 0 Å². The molecule has 2 rings (SSSR count). The van der Waals surface area contributed by atoms with Crippen LogP contribution < -0.4 is 10.1 Å². The average Bonchev–Trinajstić information content (AvgIpc) is 2.55. The molecule has 3 nitrogen and oxygen atoms in total. The fraction of sp³-hybridized carbons (Fsp3) is 0.421. The standard InChI is InChI=1S/C19H26N2O/c1-3-4-5-13-22-18-10-8-17(9-11-18)14-20-15-19-16(2)7-6-12-21-19/h6-12,20H,3-5,13-15H2,1-2H3. The Morgan fingerprint density at radius 2 is 1.86 bits per heavy atom. The Balaban J connectivity index is 1.73. The summed E-state index contributed by atoms with van der Waals surface area (Å²) in [6.45, 7) is 6.74. The van der Waals surface area contributed by atoms with Crippen molar-refractivity contribution in [2.45, 2.75) is 46.2 Å². The van der Waals surface area contributed by atoms with Crippen LogP contribution in [0.25, 0.3) is 0 Å². The van der Waals surface area contributed by atoms with Gasteiger partial charge in [0.25, 0.3) is 0 Å². The first-order chi connectivity index (χ1) is 10.8. The number of hydrogen-bond acceptors (Lipinski definition) is 3. The molecule has 0 unspecified atom stereocenters. The second-order valence-corrected chi connectivity index (χ2v) is 5.57. The van der Waals surface area contributed by atoms with Crippen LogP contribution in [0, 0.1) is 6.92 Å². The van der Waals surface area contributed by atoms with E-state index in [0.717, 1.165) is 37.6 Å². The van der Waals surface area contributed by atoms with Gasteiger partial charge in [-0.2, -0.15) is 0 Å². The van der Waals surface area contributed by atoms with Crippen LogP contribution in [0.15, 0.2) is 42.6 Å². The number of pyridine rings is 1. The number of unbranched alkanes of at least 4 members (excludes halogenated alkanes) is 2. The Labute approximate surface area is 133 Å². The van der Waals surface area contributed by atoms with Gasteiger partial charge in [0.05, 0.1) is 12.3 Å². The normalized spacial score (nSPS) is 10.6. The zero-order valence-corrected chi connectivity index (χ0v) is 13.6. The largest absolute Gasteiger partial charge is 0.494 e. The van der Waals surface area contributed by atoms with Crippen molar-refractivity contribution in [3.8, 4) is 5.75 Å². The van der Waals surface area contributed by atoms with E-state index in [0.29, 0.717) is 0 Å². The first kappa shape index (κ1) is 16.5. The van der Waals surface area contributed by atoms with E-state index in [4.69, 9.17) is 4.74 Å². The Kier molecular flexibility index (Phi) is 6.91. The number of aromatic nitrogens is 1. The van der Waals surface area contributed by atoms with Gasteiger partial charge in [-0.1, -0.05) is 38.0 Å². The minimum absolute atomic E-state index is 0.794. The molecule has 0 radical (unpaired) electrons. The monoisotopic (exact) mass is 298 g/mol. The van der Waals surface area contributed by atoms with E-state index in [2.05, 4.69) is 54.5 Å². The molecule has 0 aliphatic rings. The Morgan fingerprint density at radius 1 is 1.05 bits per heavy atom. The Morgan fingerprint density at radius 3 is 2.59 bits per heavy atom. The first-order valence-corrected chi connectivity index (χ1v) is 8.12. The van der Waals surface area contributed by atoms with Gasteiger partial charge >= 0.3 is 0 Å². The van der Waals surface area contributed by atoms with Crippen molar-refractivity contribution in [3.63, 3.8) is 0 Å². The Hall–Kier alpha value is -1.87. The highest BCUT2D eigenvalue weighted by Gasteiger charge is 1.99. The molecule has 1 N–H and O–H groups in total. The summed E-state index contributed by atoms with van der Waals surface area (Å²) in [6.07, 6.45) is 5.43. The summed E-state index contributed by atoms with van der Waals surface area (Å²) in [4.78, 5) is 4.39. The molecule has 0 bridgehead atoms. The summed E-state index contributed by atoms with van der Waals surface area (Å²) in [5, 5.41) is 3.43. The average molecular weight is 298 g/mol. The highest BCUT2D eigenvalue weighted by Crippen LogP contribution is 2.13. The van der Waals surface area contributed by atoms with Gasteiger partial charge in [0.1, 0.15) is 5.75 Å². The third-order valence-corrected chi connectivity index (χ3v) is 3.68. The number of nitrogens with zero attached hydrogens (tertiary/aromatic N) is 1. The van der Waals surface area contributed by atoms with Gasteiger partial charge in [0.2, 0.25) is 0 Å². The smallest absolute Gasteiger partial charge is 0.119 e. The maximum Gasteiger partial charge on any atom is 0.119 e. The van der Waals surface area contributed by atoms with Gasteiger partial charge in [-0.3, -0.25) is 4.98 Å². The fourth-order valence-electron chi connectivity index (χ4n) is 2.27. The summed E-state index contributed by atoms with van der Waals surface area (Å²) in [6, 6.07) is 12.4. The summed E-state index contributed by atoms with van der Waals surface area (Å²) >= 11 is 0. The topological polar surface area (TPSA) is 34.1 Å². The molecule has 0 atom stereocenters. The van der Waals surface area contributed by atoms with Crippen LogP contribution in [0.1, 0.15) is 43.0 Å². The van der Waals surface area contributed by atoms with Crippen molar-refractivity contribution in [1.29, 1.82) is 0 Å². The van der Waals surface area contributed by atoms with Gasteiger partial charge < -0.3 is 10.1 Å². The molecule has 1 aromatic heterocycles. The molecular formula is C19H26N2O. The van der Waals surface area contributed by atoms with Crippen LogP contribution in [0.4, 0.5) is 0 Å². The maximum absolute atomic E-state index is 5.72. The number of ether oxygens (including phenoxy) is 1. The predicted octanol–water partition coefficient (Wildman–Crippen LogP) is 4.25. The van der Waals surface area contributed by atoms with Gasteiger partial charge in [0, 0.05) is 19.3 Å². The highest BCUT2D eigenvalue weighted by molar-refractivity contribution is 5.27. The molecule has 0 amide bonds. The van der Waals surface area contributed by atoms with Crippen molar-refractivity contribution in [3.05, 3.63) is 59.4 Å². The fourth-order valence-corrected chi connectivity index (χ4v) is 2.27. The number of rotatable bonds is 9. The van der Waals surface area contributed by atoms with Crippen molar-refractivity contribution < 1.29 is 4.74 Å². The quantitative estimate of drug-likeness (QED) is 0.703. The summed E-state index contributed by atoms with van der Waals surface area (Å²) < 4.78 is 5.72. The molecule has 3 heteroatoms. The molecular weight excluding hydrogens is 272 g/mol. The number of aryl methyl sites for hydroxylation is 1. The predicted molar refractivity (Wildman–Crippen MR) is 91.0 cm³/mol. The van der Waals surface area contributed by atoms with Crippen LogP contribution in [0.5, 0.6) is 5.75 Å². The summed E-state index contributed by atoms with van der Waals surface area (Å²) in [7, 11) is 0. The lowest BCUT2D eigenvalue weighted by Crippen LogP contribution is -2.14. The van der Waals surface area contributed by atoms with E-state index < -0.39 is 0 Å². The maximum atomic E-state index is 5.72. The van der Waals surface area contributed by atoms with Crippen LogP contribution in [-0.2, 0) is 13.1 Å². The molecule has 0 aliphatic carbocycles. The van der Waals surface area contributed by atoms with Crippen LogP contribution in [0.2, 0.25) is 0 Å². The third-order valence-electron chi connectivity index (χ3n) is 3.68. The zero-order valence-electron chi connectivity index (χ0n) is 13.6. The Bertz CT molecular complexity index is 552. The molecule has 0 saturated heterocycles. The summed E-state index contributed by atoms with van der Waals surface area (Å²) in [5.41, 5.74) is 3.60. The van der Waals surface area contributed by atoms with E-state index in [1.165, 1.54) is 24.0 Å². The van der Waals surface area contributed by atoms with Gasteiger partial charge in [-0.05, 0) is 42.7 Å². The third kappa shape index (κ3) is 5.49. The molecule has 2 aromatic rings. The molecule has 0 spiro atoms. The minimum Gasteiger partial charge on any atom is -0.494 e. The lowest BCUT2D eigenvalue weighted by Gasteiger charge is -2.09. The number of hydrogen-bond donors (Lipinski definition) is 1. The molecule has 1 aromatic carbocycles. The van der Waals surface area contributed by atoms with E-state index in [9.17, 15) is 0 Å². The summed E-state index contributed by atoms with van der Waals surface area (Å²) in [5.74, 6) is 0.959. The second-order valence-electron chi connectivity index (χ2n) is 5.57. The first-order valence-electron chi connectivity index (χ1n) is 8.12. The lowest BCUT2D eigenvalue weighted by molar-refractivity contribution is 0.306. The van der Waals surface area contributed by atoms with E-state index >= 15 is 0 Å². The highest BCUT2D eigenvalue weighted by atomic mass is 16.5. The molecule has 0 saturated carbocycles. The molecule has 0 aliphatic heterocycles. The molecule has 118 valence electrons. The van der Waals surface area contributed by atoms with Gasteiger partial charge in [-0.15, -0.1) is 0 Å². The van der Waals surface area contributed by atoms with Crippen molar-refractivity contribution in [1.82, 2.24) is 10.3 Å². The van der Waals surface area contributed by atoms with Crippen LogP contribution in [-0.4, -0.2) is 11.6 Å². The van der Waals surface area contributed by atoms with Gasteiger partial charge in [-0.25, -0.2) is 0 Å². The van der Waals surface area contributed by atoms with Crippen LogP contribution in [0.3, 0.4) is 0 Å².